The molecular formula is C10H16N6O. The van der Waals surface area contributed by atoms with E-state index in [0.29, 0.717) is 18.3 Å². The number of likely N-dealkylation sites (tertiary alicyclic amines) is 1. The van der Waals surface area contributed by atoms with Gasteiger partial charge >= 0.3 is 6.03 Å². The molecule has 7 nitrogen and oxygen atoms in total. The first-order valence-electron chi connectivity index (χ1n) is 5.78. The minimum Gasteiger partial charge on any atom is -0.323 e. The van der Waals surface area contributed by atoms with E-state index in [1.807, 2.05) is 0 Å². The molecule has 2 heterocycles. The summed E-state index contributed by atoms with van der Waals surface area (Å²) in [6, 6.07) is -0.116. The Balaban J connectivity index is 1.66. The highest BCUT2D eigenvalue weighted by atomic mass is 16.2. The summed E-state index contributed by atoms with van der Waals surface area (Å²) >= 11 is 0. The van der Waals surface area contributed by atoms with E-state index in [1.54, 1.807) is 11.9 Å². The lowest BCUT2D eigenvalue weighted by Gasteiger charge is -2.39. The van der Waals surface area contributed by atoms with E-state index < -0.39 is 0 Å². The number of carbonyl (C=O) groups excluding carboxylic acids is 1. The van der Waals surface area contributed by atoms with E-state index in [9.17, 15) is 4.79 Å². The standard InChI is InChI=1S/C10H16N6O/c1-15-8(4-12-14-15)13-9(17)16-5-7-2-3-10(7,11)6-16/h4,7H,2-3,5-6,11H2,1H3,(H,13,17)/t7-,10-/m0/s1. The predicted octanol–water partition coefficient (Wildman–Crippen LogP) is -0.230. The fraction of sp³-hybridized carbons (Fsp3) is 0.700. The number of nitrogens with zero attached hydrogens (tertiary/aromatic N) is 4. The van der Waals surface area contributed by atoms with Gasteiger partial charge < -0.3 is 10.6 Å². The third kappa shape index (κ3) is 1.57. The quantitative estimate of drug-likeness (QED) is 0.705. The molecular weight excluding hydrogens is 220 g/mol. The van der Waals surface area contributed by atoms with Crippen LogP contribution in [0.2, 0.25) is 0 Å². The first kappa shape index (κ1) is 10.5. The molecule has 7 heteroatoms. The molecule has 2 amide bonds. The van der Waals surface area contributed by atoms with Crippen LogP contribution in [0.4, 0.5) is 10.6 Å². The fourth-order valence-corrected chi connectivity index (χ4v) is 2.63. The normalized spacial score (nSPS) is 30.9. The number of nitrogens with one attached hydrogen (secondary N) is 1. The third-order valence-corrected chi connectivity index (χ3v) is 3.93. The van der Waals surface area contributed by atoms with Crippen molar-refractivity contribution in [2.45, 2.75) is 18.4 Å². The van der Waals surface area contributed by atoms with Gasteiger partial charge in [0.2, 0.25) is 0 Å². The first-order valence-corrected chi connectivity index (χ1v) is 5.78. The van der Waals surface area contributed by atoms with Crippen LogP contribution in [-0.4, -0.2) is 44.6 Å². The number of aryl methyl sites for hydroxylation is 1. The number of nitrogens with two attached hydrogens (primary N) is 1. The van der Waals surface area contributed by atoms with E-state index in [0.717, 1.165) is 19.4 Å². The number of hydrogen-bond donors (Lipinski definition) is 2. The lowest BCUT2D eigenvalue weighted by Crippen LogP contribution is -2.54. The van der Waals surface area contributed by atoms with Gasteiger partial charge in [-0.25, -0.2) is 9.48 Å². The zero-order valence-corrected chi connectivity index (χ0v) is 9.76. The van der Waals surface area contributed by atoms with Crippen LogP contribution in [0.5, 0.6) is 0 Å². The molecule has 1 saturated carbocycles. The zero-order valence-electron chi connectivity index (χ0n) is 9.76. The fourth-order valence-electron chi connectivity index (χ4n) is 2.63. The Hall–Kier alpha value is -1.63. The molecule has 1 aromatic rings. The molecule has 1 aliphatic carbocycles. The predicted molar refractivity (Wildman–Crippen MR) is 61.2 cm³/mol. The van der Waals surface area contributed by atoms with Gasteiger partial charge in [-0.15, -0.1) is 5.10 Å². The average molecular weight is 236 g/mol. The second-order valence-corrected chi connectivity index (χ2v) is 5.02. The van der Waals surface area contributed by atoms with E-state index in [1.165, 1.54) is 10.9 Å². The molecule has 17 heavy (non-hydrogen) atoms. The number of fused-ring (bicyclic) bond motifs is 1. The van der Waals surface area contributed by atoms with Gasteiger partial charge in [0.05, 0.1) is 6.20 Å². The minimum atomic E-state index is -0.137. The molecule has 0 radical (unpaired) electrons. The monoisotopic (exact) mass is 236 g/mol. The van der Waals surface area contributed by atoms with Gasteiger partial charge in [0.1, 0.15) is 0 Å². The number of urea groups is 1. The summed E-state index contributed by atoms with van der Waals surface area (Å²) < 4.78 is 1.53. The molecule has 0 unspecified atom stereocenters. The Bertz CT molecular complexity index is 457. The van der Waals surface area contributed by atoms with Gasteiger partial charge in [-0.2, -0.15) is 0 Å². The summed E-state index contributed by atoms with van der Waals surface area (Å²) in [6.45, 7) is 1.41. The molecule has 2 aliphatic rings. The number of aromatic nitrogens is 3. The number of hydrogen-bond acceptors (Lipinski definition) is 4. The van der Waals surface area contributed by atoms with Crippen molar-refractivity contribution < 1.29 is 4.79 Å². The topological polar surface area (TPSA) is 89.1 Å². The van der Waals surface area contributed by atoms with Gasteiger partial charge in [-0.1, -0.05) is 5.21 Å². The first-order chi connectivity index (χ1) is 8.08. The van der Waals surface area contributed by atoms with Crippen molar-refractivity contribution >= 4 is 11.8 Å². The van der Waals surface area contributed by atoms with Gasteiger partial charge in [0.25, 0.3) is 0 Å². The number of carbonyl (C=O) groups is 1. The molecule has 92 valence electrons. The molecule has 2 atom stereocenters. The maximum atomic E-state index is 12.0. The van der Waals surface area contributed by atoms with Crippen molar-refractivity contribution in [3.8, 4) is 0 Å². The van der Waals surface area contributed by atoms with Crippen molar-refractivity contribution in [1.29, 1.82) is 0 Å². The minimum absolute atomic E-state index is 0.116. The van der Waals surface area contributed by atoms with Crippen LogP contribution in [0, 0.1) is 5.92 Å². The molecule has 1 aromatic heterocycles. The highest BCUT2D eigenvalue weighted by Gasteiger charge is 2.51. The Morgan fingerprint density at radius 2 is 2.53 bits per heavy atom. The summed E-state index contributed by atoms with van der Waals surface area (Å²) in [5.41, 5.74) is 6.05. The zero-order chi connectivity index (χ0) is 12.0. The summed E-state index contributed by atoms with van der Waals surface area (Å²) in [7, 11) is 1.74. The smallest absolute Gasteiger partial charge is 0.323 e. The lowest BCUT2D eigenvalue weighted by molar-refractivity contribution is 0.188. The van der Waals surface area contributed by atoms with E-state index in [-0.39, 0.29) is 11.6 Å². The van der Waals surface area contributed by atoms with E-state index >= 15 is 0 Å². The number of anilines is 1. The molecule has 1 saturated heterocycles. The molecule has 0 aromatic carbocycles. The molecule has 3 rings (SSSR count). The summed E-state index contributed by atoms with van der Waals surface area (Å²) in [5.74, 6) is 1.07. The van der Waals surface area contributed by atoms with E-state index in [4.69, 9.17) is 5.73 Å². The van der Waals surface area contributed by atoms with Crippen LogP contribution in [0.15, 0.2) is 6.20 Å². The van der Waals surface area contributed by atoms with Crippen LogP contribution >= 0.6 is 0 Å². The number of rotatable bonds is 1. The van der Waals surface area contributed by atoms with Crippen LogP contribution < -0.4 is 11.1 Å². The van der Waals surface area contributed by atoms with Crippen molar-refractivity contribution in [2.24, 2.45) is 18.7 Å². The Kier molecular flexibility index (Phi) is 2.12. The van der Waals surface area contributed by atoms with Gasteiger partial charge in [-0.3, -0.25) is 5.32 Å². The van der Waals surface area contributed by atoms with Crippen LogP contribution in [-0.2, 0) is 7.05 Å². The SMILES string of the molecule is Cn1nncc1NC(=O)N1C[C@@H]2CC[C@]2(N)C1. The highest BCUT2D eigenvalue weighted by molar-refractivity contribution is 5.88. The summed E-state index contributed by atoms with van der Waals surface area (Å²) in [6.07, 6.45) is 3.68. The van der Waals surface area contributed by atoms with Crippen LogP contribution in [0.1, 0.15) is 12.8 Å². The number of amides is 2. The Labute approximate surface area is 98.9 Å². The lowest BCUT2D eigenvalue weighted by atomic mass is 9.70. The van der Waals surface area contributed by atoms with Gasteiger partial charge in [-0.05, 0) is 18.8 Å². The molecule has 3 N–H and O–H groups in total. The molecule has 1 aliphatic heterocycles. The summed E-state index contributed by atoms with van der Waals surface area (Å²) in [5, 5.41) is 10.3. The van der Waals surface area contributed by atoms with Gasteiger partial charge in [0.15, 0.2) is 5.82 Å². The van der Waals surface area contributed by atoms with Crippen molar-refractivity contribution in [3.63, 3.8) is 0 Å². The largest absolute Gasteiger partial charge is 0.323 e. The second kappa shape index (κ2) is 3.43. The summed E-state index contributed by atoms with van der Waals surface area (Å²) in [4.78, 5) is 13.8. The average Bonchev–Trinajstić information content (AvgIpc) is 2.76. The molecule has 2 fully saturated rings. The maximum absolute atomic E-state index is 12.0. The van der Waals surface area contributed by atoms with Crippen LogP contribution in [0.25, 0.3) is 0 Å². The third-order valence-electron chi connectivity index (χ3n) is 3.93. The van der Waals surface area contributed by atoms with Crippen molar-refractivity contribution in [2.75, 3.05) is 18.4 Å². The molecule has 0 bridgehead atoms. The van der Waals surface area contributed by atoms with Crippen molar-refractivity contribution in [1.82, 2.24) is 19.9 Å². The van der Waals surface area contributed by atoms with Crippen molar-refractivity contribution in [3.05, 3.63) is 6.20 Å². The maximum Gasteiger partial charge on any atom is 0.323 e. The van der Waals surface area contributed by atoms with E-state index in [2.05, 4.69) is 15.6 Å². The Morgan fingerprint density at radius 1 is 1.71 bits per heavy atom. The second-order valence-electron chi connectivity index (χ2n) is 5.02. The highest BCUT2D eigenvalue weighted by Crippen LogP contribution is 2.42. The van der Waals surface area contributed by atoms with Gasteiger partial charge in [0, 0.05) is 25.7 Å². The Morgan fingerprint density at radius 3 is 3.00 bits per heavy atom. The van der Waals surface area contributed by atoms with Crippen LogP contribution in [0.3, 0.4) is 0 Å². The molecule has 0 spiro atoms.